The predicted octanol–water partition coefficient (Wildman–Crippen LogP) is 5.24. The minimum absolute atomic E-state index is 0.187. The van der Waals surface area contributed by atoms with Crippen molar-refractivity contribution in [3.63, 3.8) is 0 Å². The SMILES string of the molecule is CCC(C#N)(CCCN1CCC(C(O)c2ccc(F)cc2)CC1)c1ccc(OC)c(OC)c1. The predicted molar refractivity (Wildman–Crippen MR) is 127 cm³/mol. The van der Waals surface area contributed by atoms with Crippen LogP contribution in [0.15, 0.2) is 42.5 Å². The van der Waals surface area contributed by atoms with Crippen LogP contribution in [0.5, 0.6) is 11.5 Å². The summed E-state index contributed by atoms with van der Waals surface area (Å²) in [6.07, 6.45) is 3.68. The molecule has 3 rings (SSSR count). The molecule has 6 heteroatoms. The van der Waals surface area contributed by atoms with E-state index in [1.165, 1.54) is 12.1 Å². The fraction of sp³-hybridized carbons (Fsp3) is 0.519. The van der Waals surface area contributed by atoms with Gasteiger partial charge in [0.15, 0.2) is 11.5 Å². The van der Waals surface area contributed by atoms with Gasteiger partial charge in [-0.05, 0) is 93.0 Å². The first-order valence-corrected chi connectivity index (χ1v) is 11.8. The number of nitrogens with zero attached hydrogens (tertiary/aromatic N) is 2. The number of methoxy groups -OCH3 is 2. The van der Waals surface area contributed by atoms with Crippen LogP contribution in [-0.2, 0) is 5.41 Å². The molecule has 2 aromatic rings. The van der Waals surface area contributed by atoms with Gasteiger partial charge in [0.1, 0.15) is 5.82 Å². The quantitative estimate of drug-likeness (QED) is 0.532. The van der Waals surface area contributed by atoms with Crippen LogP contribution in [0.2, 0.25) is 0 Å². The van der Waals surface area contributed by atoms with Crippen LogP contribution in [-0.4, -0.2) is 43.9 Å². The van der Waals surface area contributed by atoms with E-state index in [0.717, 1.165) is 62.9 Å². The number of hydrogen-bond acceptors (Lipinski definition) is 5. The first-order chi connectivity index (χ1) is 16.0. The van der Waals surface area contributed by atoms with Crippen molar-refractivity contribution in [2.75, 3.05) is 33.9 Å². The Hall–Kier alpha value is -2.62. The van der Waals surface area contributed by atoms with E-state index in [2.05, 4.69) is 17.9 Å². The second-order valence-corrected chi connectivity index (χ2v) is 8.90. The van der Waals surface area contributed by atoms with Gasteiger partial charge in [-0.2, -0.15) is 5.26 Å². The number of aliphatic hydroxyl groups excluding tert-OH is 1. The molecule has 1 saturated heterocycles. The number of likely N-dealkylation sites (tertiary alicyclic amines) is 1. The van der Waals surface area contributed by atoms with Gasteiger partial charge in [0.25, 0.3) is 0 Å². The van der Waals surface area contributed by atoms with Crippen LogP contribution in [0.25, 0.3) is 0 Å². The third kappa shape index (κ3) is 5.85. The molecule has 0 radical (unpaired) electrons. The summed E-state index contributed by atoms with van der Waals surface area (Å²) in [6, 6.07) is 14.5. The van der Waals surface area contributed by atoms with E-state index >= 15 is 0 Å². The van der Waals surface area contributed by atoms with Crippen molar-refractivity contribution >= 4 is 0 Å². The van der Waals surface area contributed by atoms with Crippen molar-refractivity contribution in [3.8, 4) is 17.6 Å². The average molecular weight is 455 g/mol. The van der Waals surface area contributed by atoms with E-state index in [1.54, 1.807) is 26.4 Å². The zero-order chi connectivity index (χ0) is 23.8. The van der Waals surface area contributed by atoms with Gasteiger partial charge in [0, 0.05) is 0 Å². The second kappa shape index (κ2) is 11.5. The summed E-state index contributed by atoms with van der Waals surface area (Å²) in [5.74, 6) is 1.21. The molecular weight excluding hydrogens is 419 g/mol. The first kappa shape index (κ1) is 25.0. The number of nitriles is 1. The number of halogens is 1. The summed E-state index contributed by atoms with van der Waals surface area (Å²) in [7, 11) is 3.22. The molecule has 1 fully saturated rings. The van der Waals surface area contributed by atoms with Crippen molar-refractivity contribution in [3.05, 3.63) is 59.4 Å². The van der Waals surface area contributed by atoms with Crippen LogP contribution in [0.3, 0.4) is 0 Å². The van der Waals surface area contributed by atoms with Gasteiger partial charge in [-0.15, -0.1) is 0 Å². The second-order valence-electron chi connectivity index (χ2n) is 8.90. The zero-order valence-electron chi connectivity index (χ0n) is 19.9. The minimum Gasteiger partial charge on any atom is -0.493 e. The van der Waals surface area contributed by atoms with Gasteiger partial charge in [-0.3, -0.25) is 0 Å². The highest BCUT2D eigenvalue weighted by Gasteiger charge is 2.32. The summed E-state index contributed by atoms with van der Waals surface area (Å²) in [5, 5.41) is 20.8. The molecule has 0 spiro atoms. The van der Waals surface area contributed by atoms with Crippen molar-refractivity contribution in [2.24, 2.45) is 5.92 Å². The van der Waals surface area contributed by atoms with Gasteiger partial charge in [-0.1, -0.05) is 25.1 Å². The molecule has 2 unspecified atom stereocenters. The Morgan fingerprint density at radius 3 is 2.36 bits per heavy atom. The van der Waals surface area contributed by atoms with E-state index in [4.69, 9.17) is 9.47 Å². The van der Waals surface area contributed by atoms with Gasteiger partial charge in [0.2, 0.25) is 0 Å². The maximum absolute atomic E-state index is 13.2. The highest BCUT2D eigenvalue weighted by atomic mass is 19.1. The molecule has 0 bridgehead atoms. The number of benzene rings is 2. The molecule has 1 heterocycles. The maximum Gasteiger partial charge on any atom is 0.161 e. The Morgan fingerprint density at radius 2 is 1.79 bits per heavy atom. The standard InChI is InChI=1S/C27H35FN2O3/c1-4-27(19-29,22-8-11-24(32-2)25(18-22)33-3)14-5-15-30-16-12-21(13-17-30)26(31)20-6-9-23(28)10-7-20/h6-11,18,21,26,31H,4-5,12-17H2,1-3H3. The third-order valence-corrected chi connectivity index (χ3v) is 7.12. The molecule has 5 nitrogen and oxygen atoms in total. The molecule has 2 aromatic carbocycles. The first-order valence-electron chi connectivity index (χ1n) is 11.8. The molecule has 1 aliphatic heterocycles. The Bertz CT molecular complexity index is 935. The lowest BCUT2D eigenvalue weighted by Crippen LogP contribution is -2.37. The topological polar surface area (TPSA) is 65.7 Å². The average Bonchev–Trinajstić information content (AvgIpc) is 2.87. The van der Waals surface area contributed by atoms with Gasteiger partial charge in [-0.25, -0.2) is 4.39 Å². The summed E-state index contributed by atoms with van der Waals surface area (Å²) in [6.45, 7) is 4.83. The van der Waals surface area contributed by atoms with E-state index in [0.29, 0.717) is 11.5 Å². The summed E-state index contributed by atoms with van der Waals surface area (Å²) >= 11 is 0. The van der Waals surface area contributed by atoms with Crippen LogP contribution < -0.4 is 9.47 Å². The molecule has 33 heavy (non-hydrogen) atoms. The third-order valence-electron chi connectivity index (χ3n) is 7.12. The number of ether oxygens (including phenoxy) is 2. The zero-order valence-corrected chi connectivity index (χ0v) is 19.9. The Morgan fingerprint density at radius 1 is 1.12 bits per heavy atom. The van der Waals surface area contributed by atoms with E-state index in [1.807, 2.05) is 18.2 Å². The maximum atomic E-state index is 13.2. The van der Waals surface area contributed by atoms with Crippen molar-refractivity contribution in [1.29, 1.82) is 5.26 Å². The van der Waals surface area contributed by atoms with Crippen molar-refractivity contribution < 1.29 is 19.0 Å². The molecular formula is C27H35FN2O3. The van der Waals surface area contributed by atoms with Gasteiger partial charge >= 0.3 is 0 Å². The smallest absolute Gasteiger partial charge is 0.161 e. The molecule has 0 saturated carbocycles. The summed E-state index contributed by atoms with van der Waals surface area (Å²) < 4.78 is 23.9. The van der Waals surface area contributed by atoms with Crippen LogP contribution >= 0.6 is 0 Å². The number of rotatable bonds is 10. The lowest BCUT2D eigenvalue weighted by Gasteiger charge is -2.35. The molecule has 2 atom stereocenters. The molecule has 0 aliphatic carbocycles. The monoisotopic (exact) mass is 454 g/mol. The normalized spacial score (nSPS) is 17.7. The fourth-order valence-electron chi connectivity index (χ4n) is 4.89. The highest BCUT2D eigenvalue weighted by molar-refractivity contribution is 5.47. The summed E-state index contributed by atoms with van der Waals surface area (Å²) in [4.78, 5) is 2.42. The fourth-order valence-corrected chi connectivity index (χ4v) is 4.89. The number of aliphatic hydroxyl groups is 1. The van der Waals surface area contributed by atoms with E-state index in [-0.39, 0.29) is 11.7 Å². The Labute approximate surface area is 196 Å². The molecule has 178 valence electrons. The molecule has 0 amide bonds. The lowest BCUT2D eigenvalue weighted by molar-refractivity contribution is 0.0580. The number of piperidine rings is 1. The van der Waals surface area contributed by atoms with E-state index < -0.39 is 11.5 Å². The largest absolute Gasteiger partial charge is 0.493 e. The van der Waals surface area contributed by atoms with Crippen LogP contribution in [0, 0.1) is 23.1 Å². The Balaban J connectivity index is 1.54. The van der Waals surface area contributed by atoms with Crippen molar-refractivity contribution in [1.82, 2.24) is 4.90 Å². The molecule has 1 N–H and O–H groups in total. The van der Waals surface area contributed by atoms with Gasteiger partial charge in [0.05, 0.1) is 31.8 Å². The van der Waals surface area contributed by atoms with Crippen LogP contribution in [0.4, 0.5) is 4.39 Å². The van der Waals surface area contributed by atoms with E-state index in [9.17, 15) is 14.8 Å². The molecule has 1 aliphatic rings. The highest BCUT2D eigenvalue weighted by Crippen LogP contribution is 2.38. The summed E-state index contributed by atoms with van der Waals surface area (Å²) in [5.41, 5.74) is 1.19. The Kier molecular flexibility index (Phi) is 8.71. The van der Waals surface area contributed by atoms with Crippen LogP contribution in [0.1, 0.15) is 56.3 Å². The lowest BCUT2D eigenvalue weighted by atomic mass is 9.75. The van der Waals surface area contributed by atoms with Gasteiger partial charge < -0.3 is 19.5 Å². The van der Waals surface area contributed by atoms with Crippen molar-refractivity contribution in [2.45, 2.75) is 50.5 Å². The molecule has 0 aromatic heterocycles. The minimum atomic E-state index is -0.559. The number of hydrogen-bond donors (Lipinski definition) is 1.